The van der Waals surface area contributed by atoms with Crippen LogP contribution in [0.1, 0.15) is 12.5 Å². The summed E-state index contributed by atoms with van der Waals surface area (Å²) in [5, 5.41) is 6.28. The van der Waals surface area contributed by atoms with E-state index in [1.54, 1.807) is 36.5 Å². The first-order valence-corrected chi connectivity index (χ1v) is 7.44. The molecule has 0 fully saturated rings. The molecule has 0 radical (unpaired) electrons. The second-order valence-electron chi connectivity index (χ2n) is 5.49. The maximum absolute atomic E-state index is 13.2. The minimum absolute atomic E-state index is 0.150. The van der Waals surface area contributed by atoms with Crippen LogP contribution in [0.3, 0.4) is 0 Å². The summed E-state index contributed by atoms with van der Waals surface area (Å²) in [7, 11) is 0. The number of carbonyl (C=O) groups excluding carboxylic acids is 2. The van der Waals surface area contributed by atoms with E-state index in [9.17, 15) is 14.0 Å². The van der Waals surface area contributed by atoms with Crippen LogP contribution >= 0.6 is 0 Å². The average Bonchev–Trinajstić information content (AvgIpc) is 2.90. The maximum Gasteiger partial charge on any atom is 0.228 e. The monoisotopic (exact) mass is 325 g/mol. The lowest BCUT2D eigenvalue weighted by Crippen LogP contribution is -2.14. The van der Waals surface area contributed by atoms with Gasteiger partial charge < -0.3 is 15.6 Å². The van der Waals surface area contributed by atoms with E-state index in [2.05, 4.69) is 15.6 Å². The summed E-state index contributed by atoms with van der Waals surface area (Å²) in [6.07, 6.45) is 1.89. The van der Waals surface area contributed by atoms with Gasteiger partial charge in [-0.3, -0.25) is 9.59 Å². The third-order valence-corrected chi connectivity index (χ3v) is 3.57. The summed E-state index contributed by atoms with van der Waals surface area (Å²) in [6.45, 7) is 1.43. The molecular formula is C18H16FN3O2. The predicted octanol–water partition coefficient (Wildman–Crippen LogP) is 3.45. The highest BCUT2D eigenvalue weighted by molar-refractivity contribution is 5.96. The lowest BCUT2D eigenvalue weighted by Gasteiger charge is -2.07. The van der Waals surface area contributed by atoms with Gasteiger partial charge in [-0.05, 0) is 48.0 Å². The van der Waals surface area contributed by atoms with Crippen molar-refractivity contribution in [2.75, 3.05) is 10.6 Å². The smallest absolute Gasteiger partial charge is 0.228 e. The zero-order chi connectivity index (χ0) is 17.1. The van der Waals surface area contributed by atoms with Crippen molar-refractivity contribution in [3.8, 4) is 0 Å². The Balaban J connectivity index is 1.67. The van der Waals surface area contributed by atoms with Crippen molar-refractivity contribution in [2.24, 2.45) is 0 Å². The van der Waals surface area contributed by atoms with Gasteiger partial charge in [0.1, 0.15) is 5.82 Å². The van der Waals surface area contributed by atoms with Crippen molar-refractivity contribution in [3.63, 3.8) is 0 Å². The Morgan fingerprint density at radius 1 is 1.04 bits per heavy atom. The number of fused-ring (bicyclic) bond motifs is 1. The van der Waals surface area contributed by atoms with Crippen LogP contribution < -0.4 is 10.6 Å². The number of rotatable bonds is 4. The van der Waals surface area contributed by atoms with E-state index >= 15 is 0 Å². The number of hydrogen-bond acceptors (Lipinski definition) is 2. The highest BCUT2D eigenvalue weighted by Crippen LogP contribution is 2.20. The van der Waals surface area contributed by atoms with Gasteiger partial charge in [-0.2, -0.15) is 0 Å². The van der Waals surface area contributed by atoms with E-state index in [1.807, 2.05) is 0 Å². The minimum Gasteiger partial charge on any atom is -0.361 e. The van der Waals surface area contributed by atoms with Crippen molar-refractivity contribution < 1.29 is 14.0 Å². The Bertz CT molecular complexity index is 900. The summed E-state index contributed by atoms with van der Waals surface area (Å²) in [5.41, 5.74) is 2.77. The van der Waals surface area contributed by atoms with Crippen LogP contribution in [-0.4, -0.2) is 16.8 Å². The highest BCUT2D eigenvalue weighted by Gasteiger charge is 2.10. The third kappa shape index (κ3) is 3.60. The number of anilines is 2. The molecule has 0 unspecified atom stereocenters. The first-order valence-electron chi connectivity index (χ1n) is 7.44. The molecule has 122 valence electrons. The third-order valence-electron chi connectivity index (χ3n) is 3.57. The van der Waals surface area contributed by atoms with Gasteiger partial charge in [0.25, 0.3) is 0 Å². The molecule has 0 bridgehead atoms. The average molecular weight is 325 g/mol. The molecule has 3 rings (SSSR count). The maximum atomic E-state index is 13.2. The fourth-order valence-electron chi connectivity index (χ4n) is 2.52. The van der Waals surface area contributed by atoms with Crippen LogP contribution in [0.25, 0.3) is 10.9 Å². The van der Waals surface area contributed by atoms with Crippen LogP contribution in [0.2, 0.25) is 0 Å². The van der Waals surface area contributed by atoms with Crippen LogP contribution in [0, 0.1) is 5.82 Å². The van der Waals surface area contributed by atoms with Crippen LogP contribution in [0.5, 0.6) is 0 Å². The van der Waals surface area contributed by atoms with E-state index in [-0.39, 0.29) is 24.1 Å². The Labute approximate surface area is 137 Å². The molecule has 24 heavy (non-hydrogen) atoms. The molecule has 2 aromatic carbocycles. The number of benzene rings is 2. The molecule has 0 atom stereocenters. The number of aromatic amines is 1. The van der Waals surface area contributed by atoms with E-state index in [1.165, 1.54) is 19.1 Å². The normalized spacial score (nSPS) is 10.6. The molecule has 0 spiro atoms. The summed E-state index contributed by atoms with van der Waals surface area (Å²) < 4.78 is 13.2. The number of aromatic nitrogens is 1. The van der Waals surface area contributed by atoms with Gasteiger partial charge in [-0.25, -0.2) is 4.39 Å². The van der Waals surface area contributed by atoms with Crippen molar-refractivity contribution in [1.82, 2.24) is 4.98 Å². The van der Waals surface area contributed by atoms with Crippen molar-refractivity contribution in [1.29, 1.82) is 0 Å². The highest BCUT2D eigenvalue weighted by atomic mass is 19.1. The molecule has 1 heterocycles. The number of carbonyl (C=O) groups is 2. The first kappa shape index (κ1) is 15.7. The number of halogens is 1. The van der Waals surface area contributed by atoms with E-state index in [0.717, 1.165) is 10.9 Å². The van der Waals surface area contributed by atoms with Gasteiger partial charge in [0.05, 0.1) is 6.42 Å². The second-order valence-corrected chi connectivity index (χ2v) is 5.49. The zero-order valence-electron chi connectivity index (χ0n) is 13.0. The van der Waals surface area contributed by atoms with Gasteiger partial charge in [0, 0.05) is 35.4 Å². The lowest BCUT2D eigenvalue weighted by atomic mass is 10.1. The Morgan fingerprint density at radius 3 is 2.38 bits per heavy atom. The van der Waals surface area contributed by atoms with Crippen molar-refractivity contribution >= 4 is 34.1 Å². The van der Waals surface area contributed by atoms with Gasteiger partial charge in [0.15, 0.2) is 0 Å². The Kier molecular flexibility index (Phi) is 4.29. The van der Waals surface area contributed by atoms with Gasteiger partial charge in [-0.15, -0.1) is 0 Å². The largest absolute Gasteiger partial charge is 0.361 e. The summed E-state index contributed by atoms with van der Waals surface area (Å²) in [5.74, 6) is -0.644. The van der Waals surface area contributed by atoms with E-state index in [0.29, 0.717) is 16.9 Å². The van der Waals surface area contributed by atoms with Crippen LogP contribution in [-0.2, 0) is 16.0 Å². The SMILES string of the molecule is CC(=O)Nc1ccc(NC(=O)Cc2c[nH]c3cc(F)ccc23)cc1. The fourth-order valence-corrected chi connectivity index (χ4v) is 2.52. The molecule has 1 aromatic heterocycles. The zero-order valence-corrected chi connectivity index (χ0v) is 13.0. The number of hydrogen-bond donors (Lipinski definition) is 3. The molecule has 0 saturated heterocycles. The molecule has 2 amide bonds. The number of amides is 2. The van der Waals surface area contributed by atoms with E-state index in [4.69, 9.17) is 0 Å². The molecule has 5 nitrogen and oxygen atoms in total. The van der Waals surface area contributed by atoms with Crippen LogP contribution in [0.4, 0.5) is 15.8 Å². The second kappa shape index (κ2) is 6.54. The van der Waals surface area contributed by atoms with Gasteiger partial charge in [-0.1, -0.05) is 0 Å². The van der Waals surface area contributed by atoms with Gasteiger partial charge in [0.2, 0.25) is 11.8 Å². The molecule has 6 heteroatoms. The molecule has 3 N–H and O–H groups in total. The molecular weight excluding hydrogens is 309 g/mol. The molecule has 0 saturated carbocycles. The molecule has 0 aliphatic carbocycles. The first-order chi connectivity index (χ1) is 11.5. The van der Waals surface area contributed by atoms with Crippen LogP contribution in [0.15, 0.2) is 48.7 Å². The van der Waals surface area contributed by atoms with Gasteiger partial charge >= 0.3 is 0 Å². The predicted molar refractivity (Wildman–Crippen MR) is 91.3 cm³/mol. The topological polar surface area (TPSA) is 74.0 Å². The number of H-pyrrole nitrogens is 1. The lowest BCUT2D eigenvalue weighted by molar-refractivity contribution is -0.116. The number of nitrogens with one attached hydrogen (secondary N) is 3. The van der Waals surface area contributed by atoms with E-state index < -0.39 is 0 Å². The Morgan fingerprint density at radius 2 is 1.71 bits per heavy atom. The molecule has 3 aromatic rings. The minimum atomic E-state index is -0.320. The fraction of sp³-hybridized carbons (Fsp3) is 0.111. The molecule has 0 aliphatic rings. The summed E-state index contributed by atoms with van der Waals surface area (Å²) >= 11 is 0. The standard InChI is InChI=1S/C18H16FN3O2/c1-11(23)21-14-3-5-15(6-4-14)22-18(24)8-12-10-20-17-9-13(19)2-7-16(12)17/h2-7,9-10,20H,8H2,1H3,(H,21,23)(H,22,24). The van der Waals surface area contributed by atoms with Crippen molar-refractivity contribution in [3.05, 3.63) is 60.0 Å². The quantitative estimate of drug-likeness (QED) is 0.687. The Hall–Kier alpha value is -3.15. The molecule has 0 aliphatic heterocycles. The summed E-state index contributed by atoms with van der Waals surface area (Å²) in [6, 6.07) is 11.3. The van der Waals surface area contributed by atoms with Crippen molar-refractivity contribution in [2.45, 2.75) is 13.3 Å². The summed E-state index contributed by atoms with van der Waals surface area (Å²) in [4.78, 5) is 26.1.